The number of thioether (sulfide) groups is 1. The van der Waals surface area contributed by atoms with Crippen LogP contribution in [0, 0.1) is 0 Å². The molecular weight excluding hydrogens is 326 g/mol. The lowest BCUT2D eigenvalue weighted by molar-refractivity contribution is -0.181. The highest BCUT2D eigenvalue weighted by Gasteiger charge is 2.49. The van der Waals surface area contributed by atoms with Crippen molar-refractivity contribution < 1.29 is 25.2 Å². The van der Waals surface area contributed by atoms with Crippen LogP contribution in [0.4, 0.5) is 0 Å². The lowest BCUT2D eigenvalue weighted by Crippen LogP contribution is -2.63. The summed E-state index contributed by atoms with van der Waals surface area (Å²) in [4.78, 5) is 4.44. The fourth-order valence-electron chi connectivity index (χ4n) is 2.62. The zero-order chi connectivity index (χ0) is 15.9. The molecule has 4 N–H and O–H groups in total. The van der Waals surface area contributed by atoms with Crippen molar-refractivity contribution in [1.29, 1.82) is 0 Å². The van der Waals surface area contributed by atoms with Gasteiger partial charge in [0.05, 0.1) is 27.7 Å². The van der Waals surface area contributed by atoms with Crippen LogP contribution in [-0.2, 0) is 4.74 Å². The molecule has 120 valence electrons. The van der Waals surface area contributed by atoms with Crippen LogP contribution in [0.1, 0.15) is 0 Å². The second-order valence-corrected chi connectivity index (χ2v) is 7.65. The summed E-state index contributed by atoms with van der Waals surface area (Å²) in [6, 6.07) is 7.64. The van der Waals surface area contributed by atoms with E-state index in [-0.39, 0.29) is 0 Å². The van der Waals surface area contributed by atoms with Gasteiger partial charge in [-0.1, -0.05) is 23.9 Å². The number of methoxy groups -OCH3 is 1. The highest BCUT2D eigenvalue weighted by Crippen LogP contribution is 2.38. The molecule has 22 heavy (non-hydrogen) atoms. The minimum absolute atomic E-state index is 0.683. The Balaban J connectivity index is 1.85. The molecule has 0 unspecified atom stereocenters. The molecule has 6 nitrogen and oxygen atoms in total. The van der Waals surface area contributed by atoms with Gasteiger partial charge in [0.25, 0.3) is 0 Å². The first kappa shape index (κ1) is 16.1. The number of hydrogen-bond donors (Lipinski definition) is 4. The summed E-state index contributed by atoms with van der Waals surface area (Å²) in [5.41, 5.74) is 0.846. The highest BCUT2D eigenvalue weighted by atomic mass is 32.2. The van der Waals surface area contributed by atoms with E-state index in [0.29, 0.717) is 4.34 Å². The molecule has 0 bridgehead atoms. The molecule has 0 spiro atoms. The first-order chi connectivity index (χ1) is 10.5. The maximum absolute atomic E-state index is 10.3. The van der Waals surface area contributed by atoms with E-state index < -0.39 is 35.8 Å². The topological polar surface area (TPSA) is 103 Å². The number of aliphatic hydroxyl groups is 4. The summed E-state index contributed by atoms with van der Waals surface area (Å²) in [7, 11) is 1.35. The van der Waals surface area contributed by atoms with E-state index >= 15 is 0 Å². The van der Waals surface area contributed by atoms with Gasteiger partial charge < -0.3 is 25.2 Å². The molecule has 1 heterocycles. The number of hydrogen-bond acceptors (Lipinski definition) is 8. The van der Waals surface area contributed by atoms with Crippen LogP contribution < -0.4 is 0 Å². The molecule has 6 atom stereocenters. The molecule has 1 fully saturated rings. The summed E-state index contributed by atoms with van der Waals surface area (Å²) in [6.07, 6.45) is -6.04. The molecule has 1 aliphatic rings. The van der Waals surface area contributed by atoms with Crippen molar-refractivity contribution in [1.82, 2.24) is 4.98 Å². The number of ether oxygens (including phenoxy) is 1. The second kappa shape index (κ2) is 6.40. The van der Waals surface area contributed by atoms with Crippen LogP contribution in [0.15, 0.2) is 28.6 Å². The molecule has 2 aromatic rings. The van der Waals surface area contributed by atoms with Crippen molar-refractivity contribution in [2.24, 2.45) is 0 Å². The van der Waals surface area contributed by atoms with Gasteiger partial charge >= 0.3 is 0 Å². The number of benzene rings is 1. The van der Waals surface area contributed by atoms with Crippen LogP contribution in [-0.4, -0.2) is 68.3 Å². The summed E-state index contributed by atoms with van der Waals surface area (Å²) < 4.78 is 6.75. The molecule has 0 amide bonds. The summed E-state index contributed by atoms with van der Waals surface area (Å²) in [5.74, 6) is 0. The first-order valence-corrected chi connectivity index (χ1v) is 8.50. The van der Waals surface area contributed by atoms with Gasteiger partial charge in [-0.05, 0) is 12.1 Å². The molecule has 1 aliphatic carbocycles. The van der Waals surface area contributed by atoms with Crippen LogP contribution >= 0.6 is 23.1 Å². The summed E-state index contributed by atoms with van der Waals surface area (Å²) in [5, 5.41) is 39.5. The van der Waals surface area contributed by atoms with Crippen molar-refractivity contribution in [2.45, 2.75) is 40.1 Å². The van der Waals surface area contributed by atoms with E-state index in [4.69, 9.17) is 4.74 Å². The molecule has 1 saturated carbocycles. The molecule has 0 radical (unpaired) electrons. The average molecular weight is 343 g/mol. The zero-order valence-corrected chi connectivity index (χ0v) is 13.4. The molecule has 1 aromatic carbocycles. The summed E-state index contributed by atoms with van der Waals surface area (Å²) >= 11 is 2.64. The molecule has 8 heteroatoms. The lowest BCUT2D eigenvalue weighted by Gasteiger charge is -2.42. The van der Waals surface area contributed by atoms with Crippen molar-refractivity contribution in [2.75, 3.05) is 7.11 Å². The maximum Gasteiger partial charge on any atom is 0.151 e. The normalized spacial score (nSPS) is 35.9. The minimum atomic E-state index is -1.37. The Hall–Kier alpha value is -0.740. The van der Waals surface area contributed by atoms with E-state index in [1.165, 1.54) is 30.2 Å². The van der Waals surface area contributed by atoms with Gasteiger partial charge in [0.15, 0.2) is 4.34 Å². The number of thiazole rings is 1. The number of para-hydroxylation sites is 1. The zero-order valence-electron chi connectivity index (χ0n) is 11.7. The molecule has 1 aromatic heterocycles. The van der Waals surface area contributed by atoms with Crippen molar-refractivity contribution >= 4 is 33.3 Å². The van der Waals surface area contributed by atoms with Gasteiger partial charge in [-0.3, -0.25) is 0 Å². The maximum atomic E-state index is 10.3. The van der Waals surface area contributed by atoms with Crippen molar-refractivity contribution in [3.05, 3.63) is 24.3 Å². The number of nitrogens with zero attached hydrogens (tertiary/aromatic N) is 1. The van der Waals surface area contributed by atoms with Gasteiger partial charge in [-0.15, -0.1) is 11.3 Å². The predicted molar refractivity (Wildman–Crippen MR) is 84.1 cm³/mol. The molecule has 3 rings (SSSR count). The smallest absolute Gasteiger partial charge is 0.151 e. The van der Waals surface area contributed by atoms with E-state index in [1.54, 1.807) is 0 Å². The fourth-order valence-corrected chi connectivity index (χ4v) is 5.09. The number of fused-ring (bicyclic) bond motifs is 1. The van der Waals surface area contributed by atoms with Crippen LogP contribution in [0.5, 0.6) is 0 Å². The lowest BCUT2D eigenvalue weighted by atomic mass is 9.87. The summed E-state index contributed by atoms with van der Waals surface area (Å²) in [6.45, 7) is 0. The Kier molecular flexibility index (Phi) is 4.69. The third kappa shape index (κ3) is 2.76. The molecule has 0 saturated heterocycles. The van der Waals surface area contributed by atoms with Gasteiger partial charge in [-0.25, -0.2) is 4.98 Å². The number of aliphatic hydroxyl groups excluding tert-OH is 4. The largest absolute Gasteiger partial charge is 0.389 e. The van der Waals surface area contributed by atoms with Crippen molar-refractivity contribution in [3.63, 3.8) is 0 Å². The Morgan fingerprint density at radius 1 is 1.05 bits per heavy atom. The molecular formula is C14H17NO5S2. The third-order valence-electron chi connectivity index (χ3n) is 3.83. The standard InChI is InChI=1S/C14H17NO5S2/c1-20-12-9(17)8(16)10(18)13(11(12)19)22-14-15-6-4-2-3-5-7(6)21-14/h2-5,8-13,16-19H,1H3/t8-,9-,10+,11+,12+,13-/m1/s1. The van der Waals surface area contributed by atoms with Crippen LogP contribution in [0.3, 0.4) is 0 Å². The Morgan fingerprint density at radius 2 is 1.77 bits per heavy atom. The third-order valence-corrected chi connectivity index (χ3v) is 6.32. The minimum Gasteiger partial charge on any atom is -0.389 e. The van der Waals surface area contributed by atoms with Gasteiger partial charge in [0.2, 0.25) is 0 Å². The van der Waals surface area contributed by atoms with Gasteiger partial charge in [0.1, 0.15) is 18.3 Å². The van der Waals surface area contributed by atoms with E-state index in [2.05, 4.69) is 4.98 Å². The Labute approximate surface area is 135 Å². The SMILES string of the molecule is CO[C@H]1[C@H](O)[C@@H](O)[C@H](O)[C@@H](Sc2nc3ccccc3s2)[C@H]1O. The second-order valence-electron chi connectivity index (χ2n) is 5.19. The number of rotatable bonds is 3. The van der Waals surface area contributed by atoms with Crippen molar-refractivity contribution in [3.8, 4) is 0 Å². The molecule has 0 aliphatic heterocycles. The van der Waals surface area contributed by atoms with E-state index in [1.807, 2.05) is 24.3 Å². The van der Waals surface area contributed by atoms with E-state index in [0.717, 1.165) is 10.2 Å². The quantitative estimate of drug-likeness (QED) is 0.632. The Morgan fingerprint density at radius 3 is 2.45 bits per heavy atom. The first-order valence-electron chi connectivity index (χ1n) is 6.80. The monoisotopic (exact) mass is 343 g/mol. The highest BCUT2D eigenvalue weighted by molar-refractivity contribution is 8.01. The van der Waals surface area contributed by atoms with Crippen LogP contribution in [0.25, 0.3) is 10.2 Å². The predicted octanol–water partition coefficient (Wildman–Crippen LogP) is 0.229. The number of aromatic nitrogens is 1. The Bertz CT molecular complexity index is 618. The fraction of sp³-hybridized carbons (Fsp3) is 0.500. The average Bonchev–Trinajstić information content (AvgIpc) is 2.92. The van der Waals surface area contributed by atoms with Crippen LogP contribution in [0.2, 0.25) is 0 Å². The van der Waals surface area contributed by atoms with Gasteiger partial charge in [0, 0.05) is 7.11 Å². The van der Waals surface area contributed by atoms with Gasteiger partial charge in [-0.2, -0.15) is 0 Å². The van der Waals surface area contributed by atoms with E-state index in [9.17, 15) is 20.4 Å².